The normalized spacial score (nSPS) is 10.7. The first-order valence-electron chi connectivity index (χ1n) is 8.57. The van der Waals surface area contributed by atoms with E-state index in [1.165, 1.54) is 24.3 Å². The summed E-state index contributed by atoms with van der Waals surface area (Å²) in [7, 11) is 0. The average Bonchev–Trinajstić information content (AvgIpc) is 2.61. The molecule has 2 rings (SSSR count). The molecule has 7 nitrogen and oxygen atoms in total. The minimum atomic E-state index is -0.708. The molecular weight excluding hydrogens is 365 g/mol. The van der Waals surface area contributed by atoms with Crippen LogP contribution in [0.1, 0.15) is 31.1 Å². The number of para-hydroxylation sites is 2. The molecule has 0 heterocycles. The van der Waals surface area contributed by atoms with Gasteiger partial charge in [-0.2, -0.15) is 0 Å². The molecule has 8 heteroatoms. The molecule has 148 valence electrons. The van der Waals surface area contributed by atoms with Gasteiger partial charge in [-0.05, 0) is 57.2 Å². The minimum Gasteiger partial charge on any atom is -0.444 e. The van der Waals surface area contributed by atoms with Gasteiger partial charge in [0.25, 0.3) is 5.91 Å². The molecule has 0 unspecified atom stereocenters. The largest absolute Gasteiger partial charge is 0.444 e. The van der Waals surface area contributed by atoms with E-state index in [-0.39, 0.29) is 12.1 Å². The lowest BCUT2D eigenvalue weighted by Gasteiger charge is -2.19. The molecule has 28 heavy (non-hydrogen) atoms. The maximum absolute atomic E-state index is 13.0. The molecule has 0 bridgehead atoms. The summed E-state index contributed by atoms with van der Waals surface area (Å²) in [5.74, 6) is -1.38. The highest BCUT2D eigenvalue weighted by Gasteiger charge is 2.17. The van der Waals surface area contributed by atoms with Crippen LogP contribution in [0.3, 0.4) is 0 Å². The van der Waals surface area contributed by atoms with E-state index in [2.05, 4.69) is 16.0 Å². The average molecular weight is 387 g/mol. The van der Waals surface area contributed by atoms with Crippen LogP contribution in [0, 0.1) is 5.82 Å². The van der Waals surface area contributed by atoms with Crippen molar-refractivity contribution in [2.45, 2.75) is 26.4 Å². The van der Waals surface area contributed by atoms with E-state index in [1.54, 1.807) is 45.0 Å². The number of halogens is 1. The minimum absolute atomic E-state index is 0.272. The van der Waals surface area contributed by atoms with Gasteiger partial charge in [-0.15, -0.1) is 0 Å². The molecule has 0 saturated heterocycles. The van der Waals surface area contributed by atoms with Gasteiger partial charge < -0.3 is 20.7 Å². The molecule has 0 fully saturated rings. The van der Waals surface area contributed by atoms with Crippen molar-refractivity contribution < 1.29 is 23.5 Å². The maximum atomic E-state index is 13.0. The lowest BCUT2D eigenvalue weighted by Crippen LogP contribution is -2.37. The van der Waals surface area contributed by atoms with Crippen molar-refractivity contribution in [3.8, 4) is 0 Å². The Morgan fingerprint density at radius 2 is 1.50 bits per heavy atom. The van der Waals surface area contributed by atoms with Crippen LogP contribution in [0.5, 0.6) is 0 Å². The zero-order chi connectivity index (χ0) is 20.7. The molecule has 3 amide bonds. The molecule has 0 spiro atoms. The van der Waals surface area contributed by atoms with Gasteiger partial charge in [-0.1, -0.05) is 12.1 Å². The van der Waals surface area contributed by atoms with Crippen LogP contribution in [-0.4, -0.2) is 30.1 Å². The van der Waals surface area contributed by atoms with Crippen molar-refractivity contribution in [1.29, 1.82) is 0 Å². The standard InChI is InChI=1S/C20H22FN3O4/c1-20(2,3)28-19(27)22-12-17(25)23-15-6-4-5-7-16(15)24-18(26)13-8-10-14(21)11-9-13/h4-11H,12H2,1-3H3,(H,22,27)(H,23,25)(H,24,26). The van der Waals surface area contributed by atoms with Crippen LogP contribution in [0.2, 0.25) is 0 Å². The highest BCUT2D eigenvalue weighted by atomic mass is 19.1. The number of anilines is 2. The summed E-state index contributed by atoms with van der Waals surface area (Å²) < 4.78 is 18.0. The summed E-state index contributed by atoms with van der Waals surface area (Å²) in [5.41, 5.74) is 0.322. The monoisotopic (exact) mass is 387 g/mol. The van der Waals surface area contributed by atoms with Crippen LogP contribution >= 0.6 is 0 Å². The summed E-state index contributed by atoms with van der Waals surface area (Å²) in [6.45, 7) is 4.85. The van der Waals surface area contributed by atoms with Crippen LogP contribution in [0.25, 0.3) is 0 Å². The molecular formula is C20H22FN3O4. The number of alkyl carbamates (subject to hydrolysis) is 1. The van der Waals surface area contributed by atoms with E-state index >= 15 is 0 Å². The topological polar surface area (TPSA) is 96.5 Å². The maximum Gasteiger partial charge on any atom is 0.408 e. The highest BCUT2D eigenvalue weighted by molar-refractivity contribution is 6.07. The van der Waals surface area contributed by atoms with E-state index in [1.807, 2.05) is 0 Å². The number of carbonyl (C=O) groups is 3. The van der Waals surface area contributed by atoms with Crippen LogP contribution < -0.4 is 16.0 Å². The van der Waals surface area contributed by atoms with Gasteiger partial charge in [0, 0.05) is 5.56 Å². The molecule has 0 aromatic heterocycles. The lowest BCUT2D eigenvalue weighted by molar-refractivity contribution is -0.115. The third-order valence-electron chi connectivity index (χ3n) is 3.35. The van der Waals surface area contributed by atoms with E-state index in [9.17, 15) is 18.8 Å². The van der Waals surface area contributed by atoms with E-state index in [4.69, 9.17) is 4.74 Å². The van der Waals surface area contributed by atoms with Crippen molar-refractivity contribution >= 4 is 29.3 Å². The Hall–Kier alpha value is -3.42. The van der Waals surface area contributed by atoms with E-state index in [0.29, 0.717) is 11.4 Å². The number of benzene rings is 2. The summed E-state index contributed by atoms with van der Waals surface area (Å²) >= 11 is 0. The molecule has 0 radical (unpaired) electrons. The first kappa shape index (κ1) is 20.9. The smallest absolute Gasteiger partial charge is 0.408 e. The second-order valence-electron chi connectivity index (χ2n) is 6.91. The van der Waals surface area contributed by atoms with Crippen molar-refractivity contribution in [3.05, 3.63) is 59.9 Å². The predicted octanol–water partition coefficient (Wildman–Crippen LogP) is 3.54. The molecule has 2 aromatic carbocycles. The van der Waals surface area contributed by atoms with Crippen LogP contribution in [0.15, 0.2) is 48.5 Å². The van der Waals surface area contributed by atoms with Gasteiger partial charge in [0.1, 0.15) is 18.0 Å². The molecule has 3 N–H and O–H groups in total. The van der Waals surface area contributed by atoms with Gasteiger partial charge >= 0.3 is 6.09 Å². The lowest BCUT2D eigenvalue weighted by atomic mass is 10.2. The van der Waals surface area contributed by atoms with Crippen molar-refractivity contribution in [2.24, 2.45) is 0 Å². The fourth-order valence-electron chi connectivity index (χ4n) is 2.16. The molecule has 0 saturated carbocycles. The van der Waals surface area contributed by atoms with Gasteiger partial charge in [0.05, 0.1) is 11.4 Å². The Labute approximate surface area is 162 Å². The zero-order valence-corrected chi connectivity index (χ0v) is 15.8. The van der Waals surface area contributed by atoms with Crippen LogP contribution in [-0.2, 0) is 9.53 Å². The molecule has 0 aliphatic rings. The quantitative estimate of drug-likeness (QED) is 0.731. The van der Waals surface area contributed by atoms with Gasteiger partial charge in [0.2, 0.25) is 5.91 Å². The summed E-state index contributed by atoms with van der Waals surface area (Å²) in [6.07, 6.45) is -0.708. The second kappa shape index (κ2) is 8.98. The van der Waals surface area contributed by atoms with Crippen LogP contribution in [0.4, 0.5) is 20.6 Å². The fourth-order valence-corrected chi connectivity index (χ4v) is 2.16. The Balaban J connectivity index is 1.97. The number of amides is 3. The fraction of sp³-hybridized carbons (Fsp3) is 0.250. The van der Waals surface area contributed by atoms with Crippen molar-refractivity contribution in [3.63, 3.8) is 0 Å². The van der Waals surface area contributed by atoms with Gasteiger partial charge in [-0.25, -0.2) is 9.18 Å². The Kier molecular flexibility index (Phi) is 6.70. The first-order chi connectivity index (χ1) is 13.1. The molecule has 0 aliphatic heterocycles. The number of ether oxygens (including phenoxy) is 1. The zero-order valence-electron chi connectivity index (χ0n) is 15.8. The number of nitrogens with one attached hydrogen (secondary N) is 3. The Morgan fingerprint density at radius 1 is 0.929 bits per heavy atom. The SMILES string of the molecule is CC(C)(C)OC(=O)NCC(=O)Nc1ccccc1NC(=O)c1ccc(F)cc1. The van der Waals surface area contributed by atoms with Crippen molar-refractivity contribution in [2.75, 3.05) is 17.2 Å². The number of carbonyl (C=O) groups excluding carboxylic acids is 3. The summed E-state index contributed by atoms with van der Waals surface area (Å²) in [4.78, 5) is 36.0. The molecule has 0 aliphatic carbocycles. The van der Waals surface area contributed by atoms with E-state index < -0.39 is 29.3 Å². The predicted molar refractivity (Wildman–Crippen MR) is 104 cm³/mol. The second-order valence-corrected chi connectivity index (χ2v) is 6.91. The third kappa shape index (κ3) is 6.71. The van der Waals surface area contributed by atoms with Crippen molar-refractivity contribution in [1.82, 2.24) is 5.32 Å². The number of hydrogen-bond donors (Lipinski definition) is 3. The van der Waals surface area contributed by atoms with Gasteiger partial charge in [0.15, 0.2) is 0 Å². The van der Waals surface area contributed by atoms with Gasteiger partial charge in [-0.3, -0.25) is 9.59 Å². The first-order valence-corrected chi connectivity index (χ1v) is 8.57. The Bertz CT molecular complexity index is 860. The Morgan fingerprint density at radius 3 is 2.07 bits per heavy atom. The summed E-state index contributed by atoms with van der Waals surface area (Å²) in [6, 6.07) is 11.7. The number of hydrogen-bond acceptors (Lipinski definition) is 4. The summed E-state index contributed by atoms with van der Waals surface area (Å²) in [5, 5.41) is 7.62. The third-order valence-corrected chi connectivity index (χ3v) is 3.35. The number of rotatable bonds is 5. The molecule has 2 aromatic rings. The molecule has 0 atom stereocenters. The highest BCUT2D eigenvalue weighted by Crippen LogP contribution is 2.21. The van der Waals surface area contributed by atoms with E-state index in [0.717, 1.165) is 0 Å².